The summed E-state index contributed by atoms with van der Waals surface area (Å²) in [6.45, 7) is 10.2. The quantitative estimate of drug-likeness (QED) is 0.159. The second-order valence-electron chi connectivity index (χ2n) is 7.25. The van der Waals surface area contributed by atoms with Gasteiger partial charge in [-0.1, -0.05) is 25.4 Å². The Hall–Kier alpha value is -2.18. The molecule has 6 nitrogen and oxygen atoms in total. The van der Waals surface area contributed by atoms with Crippen LogP contribution in [0.2, 0.25) is 5.02 Å². The van der Waals surface area contributed by atoms with Crippen LogP contribution < -0.4 is 4.90 Å². The lowest BCUT2D eigenvalue weighted by atomic mass is 9.98. The Kier molecular flexibility index (Phi) is 8.62. The molecule has 0 spiro atoms. The van der Waals surface area contributed by atoms with Gasteiger partial charge in [0, 0.05) is 35.8 Å². The van der Waals surface area contributed by atoms with Gasteiger partial charge in [-0.15, -0.1) is 16.7 Å². The highest BCUT2D eigenvalue weighted by Crippen LogP contribution is 2.33. The summed E-state index contributed by atoms with van der Waals surface area (Å²) < 4.78 is 0. The second kappa shape index (κ2) is 10.7. The zero-order chi connectivity index (χ0) is 22.3. The number of azo groups is 1. The van der Waals surface area contributed by atoms with E-state index in [1.807, 2.05) is 19.1 Å². The Labute approximate surface area is 188 Å². The fourth-order valence-electron chi connectivity index (χ4n) is 3.16. The molecule has 0 radical (unpaired) electrons. The van der Waals surface area contributed by atoms with Crippen LogP contribution in [0.15, 0.2) is 46.6 Å². The van der Waals surface area contributed by atoms with Crippen molar-refractivity contribution in [2.45, 2.75) is 51.8 Å². The highest BCUT2D eigenvalue weighted by Gasteiger charge is 2.23. The van der Waals surface area contributed by atoms with E-state index in [1.54, 1.807) is 0 Å². The molecule has 0 bridgehead atoms. The molecule has 2 rings (SSSR count). The smallest absolute Gasteiger partial charge is 0.271 e. The van der Waals surface area contributed by atoms with Gasteiger partial charge >= 0.3 is 0 Å². The average molecular weight is 451 g/mol. The van der Waals surface area contributed by atoms with Gasteiger partial charge in [-0.3, -0.25) is 10.1 Å². The molecule has 30 heavy (non-hydrogen) atoms. The minimum Gasteiger partial charge on any atom is -0.372 e. The Balaban J connectivity index is 2.16. The number of alkyl halides is 1. The molecule has 0 atom stereocenters. The Morgan fingerprint density at radius 1 is 1.07 bits per heavy atom. The summed E-state index contributed by atoms with van der Waals surface area (Å²) in [7, 11) is 0. The van der Waals surface area contributed by atoms with Crippen LogP contribution in [0.25, 0.3) is 0 Å². The number of benzene rings is 2. The maximum atomic E-state index is 10.8. The van der Waals surface area contributed by atoms with Crippen LogP contribution in [0.5, 0.6) is 0 Å². The number of halogens is 2. The molecule has 0 amide bonds. The van der Waals surface area contributed by atoms with Crippen LogP contribution in [-0.2, 0) is 0 Å². The lowest BCUT2D eigenvalue weighted by molar-refractivity contribution is -0.384. The molecule has 0 heterocycles. The monoisotopic (exact) mass is 450 g/mol. The van der Waals surface area contributed by atoms with E-state index in [1.165, 1.54) is 18.2 Å². The third kappa shape index (κ3) is 6.16. The topological polar surface area (TPSA) is 71.1 Å². The predicted molar refractivity (Wildman–Crippen MR) is 125 cm³/mol. The molecule has 2 aromatic carbocycles. The standard InChI is InChI=1S/C22H28Cl2N4O2/c1-5-22(24,6-2)12-13-27(7-3)17-8-10-20(16(4)14-17)25-26-21-11-9-18(28(29)30)15-19(21)23/h8-11,14-15H,5-7,12-13H2,1-4H3. The summed E-state index contributed by atoms with van der Waals surface area (Å²) in [5.41, 5.74) is 3.13. The van der Waals surface area contributed by atoms with E-state index >= 15 is 0 Å². The number of hydrogen-bond donors (Lipinski definition) is 0. The van der Waals surface area contributed by atoms with E-state index in [0.29, 0.717) is 5.69 Å². The molecular formula is C22H28Cl2N4O2. The Morgan fingerprint density at radius 2 is 1.70 bits per heavy atom. The second-order valence-corrected chi connectivity index (χ2v) is 8.46. The summed E-state index contributed by atoms with van der Waals surface area (Å²) in [4.78, 5) is 12.5. The Bertz CT molecular complexity index is 914. The number of rotatable bonds is 10. The van der Waals surface area contributed by atoms with Gasteiger partial charge in [0.2, 0.25) is 0 Å². The molecule has 0 aliphatic carbocycles. The molecule has 0 saturated heterocycles. The molecule has 0 fully saturated rings. The highest BCUT2D eigenvalue weighted by molar-refractivity contribution is 6.33. The number of anilines is 1. The van der Waals surface area contributed by atoms with Crippen molar-refractivity contribution < 1.29 is 4.92 Å². The normalized spacial score (nSPS) is 11.8. The van der Waals surface area contributed by atoms with Crippen molar-refractivity contribution in [1.82, 2.24) is 0 Å². The van der Waals surface area contributed by atoms with Crippen LogP contribution in [0, 0.1) is 17.0 Å². The number of hydrogen-bond acceptors (Lipinski definition) is 5. The molecule has 0 aromatic heterocycles. The third-order valence-corrected chi connectivity index (χ3v) is 6.46. The van der Waals surface area contributed by atoms with Gasteiger partial charge in [-0.2, -0.15) is 5.11 Å². The molecule has 0 N–H and O–H groups in total. The van der Waals surface area contributed by atoms with Crippen molar-refractivity contribution in [3.63, 3.8) is 0 Å². The van der Waals surface area contributed by atoms with Crippen LogP contribution in [0.1, 0.15) is 45.6 Å². The average Bonchev–Trinajstić information content (AvgIpc) is 2.74. The molecule has 0 unspecified atom stereocenters. The van der Waals surface area contributed by atoms with Gasteiger partial charge in [0.1, 0.15) is 5.69 Å². The molecule has 0 aliphatic heterocycles. The van der Waals surface area contributed by atoms with Crippen molar-refractivity contribution in [3.8, 4) is 0 Å². The molecule has 0 aliphatic rings. The van der Waals surface area contributed by atoms with Crippen LogP contribution in [0.3, 0.4) is 0 Å². The van der Waals surface area contributed by atoms with Gasteiger partial charge in [-0.25, -0.2) is 0 Å². The first-order chi connectivity index (χ1) is 14.2. The summed E-state index contributed by atoms with van der Waals surface area (Å²) >= 11 is 12.8. The summed E-state index contributed by atoms with van der Waals surface area (Å²) in [5, 5.41) is 19.5. The van der Waals surface area contributed by atoms with Gasteiger partial charge in [0.25, 0.3) is 5.69 Å². The lowest BCUT2D eigenvalue weighted by Crippen LogP contribution is -2.30. The number of non-ortho nitro benzene ring substituents is 1. The predicted octanol–water partition coefficient (Wildman–Crippen LogP) is 7.99. The first-order valence-corrected chi connectivity index (χ1v) is 10.9. The zero-order valence-electron chi connectivity index (χ0n) is 17.9. The fourth-order valence-corrected chi connectivity index (χ4v) is 3.45. The highest BCUT2D eigenvalue weighted by atomic mass is 35.5. The van der Waals surface area contributed by atoms with Crippen molar-refractivity contribution in [3.05, 3.63) is 57.1 Å². The van der Waals surface area contributed by atoms with E-state index in [9.17, 15) is 10.1 Å². The number of aryl methyl sites for hydroxylation is 1. The zero-order valence-corrected chi connectivity index (χ0v) is 19.4. The van der Waals surface area contributed by atoms with Crippen LogP contribution in [0.4, 0.5) is 22.7 Å². The summed E-state index contributed by atoms with van der Waals surface area (Å²) in [5.74, 6) is 0. The van der Waals surface area contributed by atoms with Crippen LogP contribution >= 0.6 is 23.2 Å². The van der Waals surface area contributed by atoms with Crippen molar-refractivity contribution in [1.29, 1.82) is 0 Å². The molecule has 8 heteroatoms. The summed E-state index contributed by atoms with van der Waals surface area (Å²) in [6.07, 6.45) is 2.83. The molecular weight excluding hydrogens is 423 g/mol. The van der Waals surface area contributed by atoms with E-state index < -0.39 is 4.92 Å². The minimum atomic E-state index is -0.496. The SMILES string of the molecule is CCN(CCC(Cl)(CC)CC)c1ccc(N=Nc2ccc([N+](=O)[O-])cc2Cl)c(C)c1. The van der Waals surface area contributed by atoms with Gasteiger partial charge < -0.3 is 4.90 Å². The molecule has 2 aromatic rings. The van der Waals surface area contributed by atoms with E-state index in [0.717, 1.165) is 49.3 Å². The Morgan fingerprint density at radius 3 is 2.23 bits per heavy atom. The van der Waals surface area contributed by atoms with Gasteiger partial charge in [0.05, 0.1) is 15.6 Å². The fraction of sp³-hybridized carbons (Fsp3) is 0.455. The first kappa shape index (κ1) is 24.1. The van der Waals surface area contributed by atoms with Crippen LogP contribution in [-0.4, -0.2) is 22.9 Å². The van der Waals surface area contributed by atoms with E-state index in [-0.39, 0.29) is 15.6 Å². The van der Waals surface area contributed by atoms with E-state index in [2.05, 4.69) is 42.0 Å². The third-order valence-electron chi connectivity index (χ3n) is 5.43. The summed E-state index contributed by atoms with van der Waals surface area (Å²) in [6, 6.07) is 10.2. The maximum absolute atomic E-state index is 10.8. The van der Waals surface area contributed by atoms with Gasteiger partial charge in [-0.05, 0) is 62.9 Å². The number of nitro groups is 1. The molecule has 0 saturated carbocycles. The van der Waals surface area contributed by atoms with Gasteiger partial charge in [0.15, 0.2) is 0 Å². The van der Waals surface area contributed by atoms with E-state index in [4.69, 9.17) is 23.2 Å². The molecule has 162 valence electrons. The largest absolute Gasteiger partial charge is 0.372 e. The minimum absolute atomic E-state index is 0.0775. The lowest BCUT2D eigenvalue weighted by Gasteiger charge is -2.30. The van der Waals surface area contributed by atoms with Crippen molar-refractivity contribution in [2.75, 3.05) is 18.0 Å². The maximum Gasteiger partial charge on any atom is 0.271 e. The van der Waals surface area contributed by atoms with Crippen molar-refractivity contribution >= 4 is 46.0 Å². The van der Waals surface area contributed by atoms with Crippen molar-refractivity contribution in [2.24, 2.45) is 10.2 Å². The number of nitrogens with zero attached hydrogens (tertiary/aromatic N) is 4. The first-order valence-electron chi connectivity index (χ1n) is 10.1. The number of nitro benzene ring substituents is 1.